The first-order valence-electron chi connectivity index (χ1n) is 2.97. The van der Waals surface area contributed by atoms with Crippen molar-refractivity contribution in [3.63, 3.8) is 0 Å². The maximum Gasteiger partial charge on any atom is 0.155 e. The summed E-state index contributed by atoms with van der Waals surface area (Å²) in [6.45, 7) is 0. The van der Waals surface area contributed by atoms with E-state index < -0.39 is 0 Å². The molecular formula is C6H7I2N3O. The van der Waals surface area contributed by atoms with E-state index in [0.29, 0.717) is 9.26 Å². The first-order valence-corrected chi connectivity index (χ1v) is 5.13. The van der Waals surface area contributed by atoms with Gasteiger partial charge in [0.25, 0.3) is 0 Å². The molecule has 0 fully saturated rings. The van der Waals surface area contributed by atoms with Crippen molar-refractivity contribution in [3.8, 4) is 5.75 Å². The molecule has 0 saturated heterocycles. The van der Waals surface area contributed by atoms with Crippen LogP contribution in [0.25, 0.3) is 0 Å². The van der Waals surface area contributed by atoms with Gasteiger partial charge in [-0.15, -0.1) is 0 Å². The van der Waals surface area contributed by atoms with Crippen molar-refractivity contribution in [1.29, 1.82) is 0 Å². The molecular weight excluding hydrogens is 384 g/mol. The standard InChI is InChI=1S/C6H7I2N3O/c7-1-2(8)6(12)5(11)4(10)3(1)9/h12H,9-11H2. The molecule has 0 saturated carbocycles. The number of nitrogens with two attached hydrogens (primary N) is 3. The van der Waals surface area contributed by atoms with Crippen LogP contribution in [0, 0.1) is 7.14 Å². The molecule has 4 nitrogen and oxygen atoms in total. The molecule has 0 unspecified atom stereocenters. The number of phenolic OH excluding ortho intramolecular Hbond substituents is 1. The topological polar surface area (TPSA) is 98.3 Å². The Bertz CT molecular complexity index is 235. The lowest BCUT2D eigenvalue weighted by molar-refractivity contribution is 0.474. The number of hydrogen-bond donors (Lipinski definition) is 4. The molecule has 0 heterocycles. The van der Waals surface area contributed by atoms with Crippen LogP contribution >= 0.6 is 45.2 Å². The first-order chi connectivity index (χ1) is 5.46. The van der Waals surface area contributed by atoms with Crippen molar-refractivity contribution in [1.82, 2.24) is 0 Å². The Morgan fingerprint density at radius 2 is 1.33 bits per heavy atom. The quantitative estimate of drug-likeness (QED) is 0.232. The lowest BCUT2D eigenvalue weighted by Gasteiger charge is -2.10. The van der Waals surface area contributed by atoms with Gasteiger partial charge in [-0.25, -0.2) is 0 Å². The van der Waals surface area contributed by atoms with Crippen LogP contribution in [-0.2, 0) is 0 Å². The lowest BCUT2D eigenvalue weighted by Crippen LogP contribution is -2.04. The predicted molar refractivity (Wildman–Crippen MR) is 66.8 cm³/mol. The smallest absolute Gasteiger partial charge is 0.155 e. The third-order valence-corrected chi connectivity index (χ3v) is 4.68. The summed E-state index contributed by atoms with van der Waals surface area (Å²) in [7, 11) is 0. The van der Waals surface area contributed by atoms with Gasteiger partial charge in [-0.1, -0.05) is 0 Å². The normalized spacial score (nSPS) is 10.2. The second-order valence-corrected chi connectivity index (χ2v) is 4.38. The number of phenols is 1. The number of aromatic hydroxyl groups is 1. The summed E-state index contributed by atoms with van der Waals surface area (Å²) in [6, 6.07) is 0. The minimum Gasteiger partial charge on any atom is -0.505 e. The van der Waals surface area contributed by atoms with E-state index in [1.54, 1.807) is 0 Å². The number of halogens is 2. The van der Waals surface area contributed by atoms with Crippen LogP contribution in [0.1, 0.15) is 0 Å². The van der Waals surface area contributed by atoms with Crippen molar-refractivity contribution in [2.45, 2.75) is 0 Å². The SMILES string of the molecule is Nc1c(N)c(O)c(I)c(I)c1N. The Morgan fingerprint density at radius 1 is 0.833 bits per heavy atom. The molecule has 0 aliphatic carbocycles. The molecule has 0 atom stereocenters. The number of nitrogen functional groups attached to an aromatic ring is 3. The highest BCUT2D eigenvalue weighted by atomic mass is 127. The zero-order valence-corrected chi connectivity index (χ0v) is 10.3. The highest BCUT2D eigenvalue weighted by Gasteiger charge is 2.14. The summed E-state index contributed by atoms with van der Waals surface area (Å²) >= 11 is 3.97. The van der Waals surface area contributed by atoms with Crippen LogP contribution in [0.4, 0.5) is 17.1 Å². The number of anilines is 3. The number of rotatable bonds is 0. The van der Waals surface area contributed by atoms with Crippen LogP contribution in [0.5, 0.6) is 5.75 Å². The lowest BCUT2D eigenvalue weighted by atomic mass is 10.2. The fraction of sp³-hybridized carbons (Fsp3) is 0. The van der Waals surface area contributed by atoms with Crippen molar-refractivity contribution in [2.75, 3.05) is 17.2 Å². The molecule has 6 heteroatoms. The Kier molecular flexibility index (Phi) is 2.76. The monoisotopic (exact) mass is 391 g/mol. The fourth-order valence-electron chi connectivity index (χ4n) is 0.731. The Morgan fingerprint density at radius 3 is 1.83 bits per heavy atom. The molecule has 1 rings (SSSR count). The Balaban J connectivity index is 3.60. The van der Waals surface area contributed by atoms with Crippen molar-refractivity contribution in [2.24, 2.45) is 0 Å². The van der Waals surface area contributed by atoms with Crippen LogP contribution in [-0.4, -0.2) is 5.11 Å². The zero-order valence-electron chi connectivity index (χ0n) is 5.94. The van der Waals surface area contributed by atoms with E-state index in [2.05, 4.69) is 0 Å². The molecule has 1 aromatic rings. The Hall–Kier alpha value is -0.120. The van der Waals surface area contributed by atoms with Crippen LogP contribution in [0.15, 0.2) is 0 Å². The van der Waals surface area contributed by atoms with Gasteiger partial charge in [0, 0.05) is 0 Å². The van der Waals surface area contributed by atoms with Gasteiger partial charge in [-0.2, -0.15) is 0 Å². The largest absolute Gasteiger partial charge is 0.505 e. The van der Waals surface area contributed by atoms with Crippen molar-refractivity contribution < 1.29 is 5.11 Å². The minimum absolute atomic E-state index is 0.00620. The summed E-state index contributed by atoms with van der Waals surface area (Å²) in [4.78, 5) is 0. The number of benzene rings is 1. The van der Waals surface area contributed by atoms with Crippen LogP contribution < -0.4 is 17.2 Å². The van der Waals surface area contributed by atoms with E-state index in [4.69, 9.17) is 17.2 Å². The average Bonchev–Trinajstić information content (AvgIpc) is 2.08. The van der Waals surface area contributed by atoms with E-state index in [9.17, 15) is 5.11 Å². The molecule has 0 aliphatic heterocycles. The van der Waals surface area contributed by atoms with Crippen LogP contribution in [0.2, 0.25) is 0 Å². The maximum absolute atomic E-state index is 9.42. The molecule has 0 amide bonds. The predicted octanol–water partition coefficient (Wildman–Crippen LogP) is 1.35. The van der Waals surface area contributed by atoms with Gasteiger partial charge in [-0.3, -0.25) is 0 Å². The van der Waals surface area contributed by atoms with Gasteiger partial charge in [0.15, 0.2) is 5.75 Å². The highest BCUT2D eigenvalue weighted by Crippen LogP contribution is 2.40. The summed E-state index contributed by atoms with van der Waals surface area (Å²) in [5.74, 6) is 0.00620. The third kappa shape index (κ3) is 1.37. The van der Waals surface area contributed by atoms with E-state index in [-0.39, 0.29) is 17.1 Å². The van der Waals surface area contributed by atoms with Gasteiger partial charge in [0.2, 0.25) is 0 Å². The van der Waals surface area contributed by atoms with Gasteiger partial charge in [0.1, 0.15) is 5.69 Å². The van der Waals surface area contributed by atoms with Crippen LogP contribution in [0.3, 0.4) is 0 Å². The summed E-state index contributed by atoms with van der Waals surface area (Å²) in [6.07, 6.45) is 0. The van der Waals surface area contributed by atoms with Gasteiger partial charge >= 0.3 is 0 Å². The van der Waals surface area contributed by atoms with E-state index in [1.807, 2.05) is 45.2 Å². The summed E-state index contributed by atoms with van der Waals surface area (Å²) in [5, 5.41) is 9.42. The fourth-order valence-corrected chi connectivity index (χ4v) is 1.86. The second kappa shape index (κ2) is 3.32. The molecule has 0 aliphatic rings. The average molecular weight is 391 g/mol. The molecule has 7 N–H and O–H groups in total. The van der Waals surface area contributed by atoms with Gasteiger partial charge in [0.05, 0.1) is 18.5 Å². The molecule has 0 radical (unpaired) electrons. The van der Waals surface area contributed by atoms with Gasteiger partial charge < -0.3 is 22.3 Å². The maximum atomic E-state index is 9.42. The number of hydrogen-bond acceptors (Lipinski definition) is 4. The summed E-state index contributed by atoms with van der Waals surface area (Å²) in [5.41, 5.74) is 17.5. The molecule has 0 bridgehead atoms. The van der Waals surface area contributed by atoms with Crippen molar-refractivity contribution in [3.05, 3.63) is 7.14 Å². The Labute approximate surface area is 96.8 Å². The molecule has 0 spiro atoms. The molecule has 66 valence electrons. The third-order valence-electron chi connectivity index (χ3n) is 1.47. The summed E-state index contributed by atoms with van der Waals surface area (Å²) < 4.78 is 1.37. The zero-order chi connectivity index (χ0) is 9.46. The molecule has 1 aromatic carbocycles. The highest BCUT2D eigenvalue weighted by molar-refractivity contribution is 14.1. The molecule has 12 heavy (non-hydrogen) atoms. The van der Waals surface area contributed by atoms with E-state index in [1.165, 1.54) is 0 Å². The minimum atomic E-state index is 0.00620. The van der Waals surface area contributed by atoms with E-state index >= 15 is 0 Å². The van der Waals surface area contributed by atoms with Gasteiger partial charge in [-0.05, 0) is 45.2 Å². The second-order valence-electron chi connectivity index (χ2n) is 2.22. The molecule has 0 aromatic heterocycles. The first kappa shape index (κ1) is 9.96. The van der Waals surface area contributed by atoms with Crippen molar-refractivity contribution >= 4 is 62.2 Å². The van der Waals surface area contributed by atoms with E-state index in [0.717, 1.165) is 3.57 Å².